The molecule has 3 aliphatic rings. The van der Waals surface area contributed by atoms with Crippen LogP contribution in [0.3, 0.4) is 0 Å². The van der Waals surface area contributed by atoms with E-state index in [9.17, 15) is 9.59 Å². The second-order valence-electron chi connectivity index (χ2n) is 11.2. The van der Waals surface area contributed by atoms with E-state index >= 15 is 0 Å². The van der Waals surface area contributed by atoms with E-state index in [-0.39, 0.29) is 18.0 Å². The van der Waals surface area contributed by atoms with Crippen LogP contribution in [-0.4, -0.2) is 25.2 Å². The summed E-state index contributed by atoms with van der Waals surface area (Å²) in [7, 11) is 0. The summed E-state index contributed by atoms with van der Waals surface area (Å²) in [5.74, 6) is 2.95. The van der Waals surface area contributed by atoms with Gasteiger partial charge in [-0.05, 0) is 93.3 Å². The van der Waals surface area contributed by atoms with Crippen LogP contribution >= 0.6 is 0 Å². The quantitative estimate of drug-likeness (QED) is 0.365. The number of fused-ring (bicyclic) bond motifs is 3. The van der Waals surface area contributed by atoms with Gasteiger partial charge in [0, 0.05) is 0 Å². The Morgan fingerprint density at radius 3 is 2.50 bits per heavy atom. The molecule has 0 bridgehead atoms. The van der Waals surface area contributed by atoms with Crippen molar-refractivity contribution in [3.8, 4) is 0 Å². The molecular formula is C26H44O4. The largest absolute Gasteiger partial charge is 0.463 e. The third-order valence-electron chi connectivity index (χ3n) is 9.16. The van der Waals surface area contributed by atoms with Crippen LogP contribution in [0.5, 0.6) is 0 Å². The van der Waals surface area contributed by atoms with Crippen LogP contribution in [0.2, 0.25) is 0 Å². The monoisotopic (exact) mass is 420 g/mol. The van der Waals surface area contributed by atoms with Crippen LogP contribution in [0.15, 0.2) is 0 Å². The van der Waals surface area contributed by atoms with Gasteiger partial charge in [0.25, 0.3) is 0 Å². The Bertz CT molecular complexity index is 614. The number of hydrogen-bond acceptors (Lipinski definition) is 4. The molecule has 3 fully saturated rings. The summed E-state index contributed by atoms with van der Waals surface area (Å²) in [6.07, 6.45) is 11.4. The Morgan fingerprint density at radius 1 is 1.03 bits per heavy atom. The van der Waals surface area contributed by atoms with Gasteiger partial charge in [-0.1, -0.05) is 40.5 Å². The number of ether oxygens (including phenoxy) is 2. The van der Waals surface area contributed by atoms with Gasteiger partial charge in [0.2, 0.25) is 0 Å². The molecule has 3 unspecified atom stereocenters. The summed E-state index contributed by atoms with van der Waals surface area (Å²) < 4.78 is 10.7. The van der Waals surface area contributed by atoms with E-state index in [1.807, 2.05) is 0 Å². The third-order valence-corrected chi connectivity index (χ3v) is 9.16. The highest BCUT2D eigenvalue weighted by molar-refractivity contribution is 5.80. The smallest absolute Gasteiger partial charge is 0.344 e. The Kier molecular flexibility index (Phi) is 7.56. The molecule has 0 N–H and O–H groups in total. The predicted octanol–water partition coefficient (Wildman–Crippen LogP) is 6.17. The van der Waals surface area contributed by atoms with Gasteiger partial charge in [0.15, 0.2) is 6.61 Å². The Labute approximate surface area is 183 Å². The van der Waals surface area contributed by atoms with Gasteiger partial charge < -0.3 is 9.47 Å². The topological polar surface area (TPSA) is 52.6 Å². The standard InChI is InChI=1S/C26H44O4/c1-6-7-15-29-23(27)17-30-24(28)26(5)14-8-13-25(4)21-11-9-19(18(2)3)16-20(21)10-12-22(25)26/h18-22H,6-17H2,1-5H3/t19?,20?,21-,22?,25+,26+/m0/s1. The average Bonchev–Trinajstić information content (AvgIpc) is 2.71. The molecule has 0 saturated heterocycles. The molecule has 0 aromatic heterocycles. The van der Waals surface area contributed by atoms with E-state index in [1.54, 1.807) is 0 Å². The summed E-state index contributed by atoms with van der Waals surface area (Å²) in [4.78, 5) is 25.2. The molecule has 30 heavy (non-hydrogen) atoms. The SMILES string of the molecule is CCCCOC(=O)COC(=O)[C@]1(C)CCC[C@@]2(C)C1CCC1CC(C(C)C)CC[C@@H]12. The lowest BCUT2D eigenvalue weighted by Gasteiger charge is -2.61. The van der Waals surface area contributed by atoms with E-state index < -0.39 is 11.4 Å². The molecule has 3 saturated carbocycles. The molecule has 0 aliphatic heterocycles. The molecule has 0 aromatic carbocycles. The van der Waals surface area contributed by atoms with Gasteiger partial charge in [-0.25, -0.2) is 4.79 Å². The highest BCUT2D eigenvalue weighted by Crippen LogP contribution is 2.64. The molecule has 0 radical (unpaired) electrons. The molecule has 4 heteroatoms. The average molecular weight is 421 g/mol. The number of unbranched alkanes of at least 4 members (excludes halogenated alkanes) is 1. The van der Waals surface area contributed by atoms with Crippen LogP contribution in [-0.2, 0) is 19.1 Å². The van der Waals surface area contributed by atoms with Crippen molar-refractivity contribution < 1.29 is 19.1 Å². The van der Waals surface area contributed by atoms with Gasteiger partial charge in [0.05, 0.1) is 12.0 Å². The highest BCUT2D eigenvalue weighted by Gasteiger charge is 2.59. The summed E-state index contributed by atoms with van der Waals surface area (Å²) >= 11 is 0. The van der Waals surface area contributed by atoms with Gasteiger partial charge in [-0.15, -0.1) is 0 Å². The van der Waals surface area contributed by atoms with Crippen LogP contribution in [0, 0.1) is 40.4 Å². The van der Waals surface area contributed by atoms with E-state index in [1.165, 1.54) is 32.1 Å². The first-order chi connectivity index (χ1) is 14.2. The Balaban J connectivity index is 1.66. The maximum atomic E-state index is 13.2. The molecule has 0 spiro atoms. The lowest BCUT2D eigenvalue weighted by Crippen LogP contribution is -2.56. The second-order valence-corrected chi connectivity index (χ2v) is 11.2. The van der Waals surface area contributed by atoms with Crippen molar-refractivity contribution >= 4 is 11.9 Å². The molecule has 172 valence electrons. The molecule has 0 amide bonds. The molecule has 0 aromatic rings. The van der Waals surface area contributed by atoms with E-state index in [4.69, 9.17) is 9.47 Å². The molecule has 4 nitrogen and oxygen atoms in total. The zero-order valence-corrected chi connectivity index (χ0v) is 20.0. The minimum atomic E-state index is -0.476. The van der Waals surface area contributed by atoms with Crippen LogP contribution in [0.25, 0.3) is 0 Å². The van der Waals surface area contributed by atoms with E-state index in [0.717, 1.165) is 55.8 Å². The summed E-state index contributed by atoms with van der Waals surface area (Å²) in [6.45, 7) is 11.5. The van der Waals surface area contributed by atoms with E-state index in [0.29, 0.717) is 12.5 Å². The number of carbonyl (C=O) groups is 2. The van der Waals surface area contributed by atoms with Crippen molar-refractivity contribution in [1.29, 1.82) is 0 Å². The molecule has 0 heterocycles. The van der Waals surface area contributed by atoms with Crippen molar-refractivity contribution in [2.24, 2.45) is 40.4 Å². The zero-order chi connectivity index (χ0) is 21.9. The summed E-state index contributed by atoms with van der Waals surface area (Å²) in [5.41, 5.74) is -0.255. The molecule has 3 rings (SSSR count). The van der Waals surface area contributed by atoms with Crippen LogP contribution in [0.1, 0.15) is 98.8 Å². The fourth-order valence-electron chi connectivity index (χ4n) is 7.38. The van der Waals surface area contributed by atoms with Crippen molar-refractivity contribution in [2.45, 2.75) is 98.8 Å². The summed E-state index contributed by atoms with van der Waals surface area (Å²) in [6, 6.07) is 0. The highest BCUT2D eigenvalue weighted by atomic mass is 16.6. The Hall–Kier alpha value is -1.06. The zero-order valence-electron chi connectivity index (χ0n) is 20.0. The molecule has 6 atom stereocenters. The molecule has 3 aliphatic carbocycles. The third kappa shape index (κ3) is 4.58. The maximum Gasteiger partial charge on any atom is 0.344 e. The van der Waals surface area contributed by atoms with Crippen molar-refractivity contribution in [2.75, 3.05) is 13.2 Å². The lowest BCUT2D eigenvalue weighted by atomic mass is 9.43. The fourth-order valence-corrected chi connectivity index (χ4v) is 7.38. The molecular weight excluding hydrogens is 376 g/mol. The minimum Gasteiger partial charge on any atom is -0.463 e. The lowest BCUT2D eigenvalue weighted by molar-refractivity contribution is -0.183. The normalized spacial score (nSPS) is 38.5. The minimum absolute atomic E-state index is 0.180. The predicted molar refractivity (Wildman–Crippen MR) is 119 cm³/mol. The van der Waals surface area contributed by atoms with Crippen LogP contribution < -0.4 is 0 Å². The first-order valence-electron chi connectivity index (χ1n) is 12.5. The first-order valence-corrected chi connectivity index (χ1v) is 12.5. The number of hydrogen-bond donors (Lipinski definition) is 0. The second kappa shape index (κ2) is 9.61. The Morgan fingerprint density at radius 2 is 1.80 bits per heavy atom. The first kappa shape index (κ1) is 23.6. The van der Waals surface area contributed by atoms with Gasteiger partial charge in [0.1, 0.15) is 0 Å². The van der Waals surface area contributed by atoms with Gasteiger partial charge in [-0.3, -0.25) is 4.79 Å². The van der Waals surface area contributed by atoms with Crippen molar-refractivity contribution in [3.63, 3.8) is 0 Å². The number of carbonyl (C=O) groups excluding carboxylic acids is 2. The van der Waals surface area contributed by atoms with Gasteiger partial charge >= 0.3 is 11.9 Å². The van der Waals surface area contributed by atoms with Gasteiger partial charge in [-0.2, -0.15) is 0 Å². The maximum absolute atomic E-state index is 13.2. The number of esters is 2. The van der Waals surface area contributed by atoms with Crippen LogP contribution in [0.4, 0.5) is 0 Å². The van der Waals surface area contributed by atoms with Crippen molar-refractivity contribution in [3.05, 3.63) is 0 Å². The summed E-state index contributed by atoms with van der Waals surface area (Å²) in [5, 5.41) is 0. The number of rotatable bonds is 7. The van der Waals surface area contributed by atoms with Crippen molar-refractivity contribution in [1.82, 2.24) is 0 Å². The fraction of sp³-hybridized carbons (Fsp3) is 0.923. The van der Waals surface area contributed by atoms with E-state index in [2.05, 4.69) is 34.6 Å².